The van der Waals surface area contributed by atoms with E-state index in [0.717, 1.165) is 19.4 Å². The summed E-state index contributed by atoms with van der Waals surface area (Å²) in [6, 6.07) is 13.6. The Morgan fingerprint density at radius 1 is 1.12 bits per heavy atom. The quantitative estimate of drug-likeness (QED) is 0.575. The van der Waals surface area contributed by atoms with Gasteiger partial charge in [0.25, 0.3) is 0 Å². The van der Waals surface area contributed by atoms with Gasteiger partial charge in [0, 0.05) is 18.9 Å². The maximum Gasteiger partial charge on any atom is 0.370 e. The van der Waals surface area contributed by atoms with Crippen LogP contribution >= 0.6 is 0 Å². The molecular formula is C20H18NO5+. The number of carbonyl (C=O) groups excluding carboxylic acids is 1. The van der Waals surface area contributed by atoms with Crippen LogP contribution in [0.25, 0.3) is 11.0 Å². The van der Waals surface area contributed by atoms with Gasteiger partial charge in [-0.05, 0) is 24.3 Å². The first-order chi connectivity index (χ1) is 12.7. The highest BCUT2D eigenvalue weighted by molar-refractivity contribution is 5.81. The number of rotatable bonds is 4. The van der Waals surface area contributed by atoms with E-state index in [0.29, 0.717) is 22.5 Å². The summed E-state index contributed by atoms with van der Waals surface area (Å²) in [6.45, 7) is 0.941. The number of nitrogens with two attached hydrogens (primary N) is 1. The third-order valence-electron chi connectivity index (χ3n) is 4.38. The van der Waals surface area contributed by atoms with Gasteiger partial charge in [-0.2, -0.15) is 0 Å². The molecule has 1 aliphatic rings. The molecule has 1 saturated heterocycles. The molecule has 1 unspecified atom stereocenters. The number of hydrogen-bond acceptors (Lipinski definition) is 5. The maximum absolute atomic E-state index is 12.6. The predicted octanol–water partition coefficient (Wildman–Crippen LogP) is 2.22. The van der Waals surface area contributed by atoms with Crippen molar-refractivity contribution in [2.45, 2.75) is 18.9 Å². The average Bonchev–Trinajstić information content (AvgIpc) is 3.20. The fourth-order valence-corrected chi connectivity index (χ4v) is 3.02. The minimum absolute atomic E-state index is 0.106. The van der Waals surface area contributed by atoms with Gasteiger partial charge in [0.05, 0.1) is 11.9 Å². The van der Waals surface area contributed by atoms with E-state index < -0.39 is 0 Å². The Hall–Kier alpha value is -3.12. The molecule has 1 aliphatic heterocycles. The molecule has 6 heteroatoms. The summed E-state index contributed by atoms with van der Waals surface area (Å²) >= 11 is 0. The minimum atomic E-state index is -0.280. The first kappa shape index (κ1) is 16.4. The number of fused-ring (bicyclic) bond motifs is 1. The van der Waals surface area contributed by atoms with E-state index in [1.54, 1.807) is 30.3 Å². The summed E-state index contributed by atoms with van der Waals surface area (Å²) in [7, 11) is 0. The summed E-state index contributed by atoms with van der Waals surface area (Å²) in [5, 5.41) is 2.35. The molecule has 0 aliphatic carbocycles. The average molecular weight is 352 g/mol. The van der Waals surface area contributed by atoms with Crippen LogP contribution in [0.15, 0.2) is 64.0 Å². The number of esters is 1. The molecule has 3 aromatic rings. The molecule has 132 valence electrons. The van der Waals surface area contributed by atoms with E-state index in [-0.39, 0.29) is 23.2 Å². The summed E-state index contributed by atoms with van der Waals surface area (Å²) in [6.07, 6.45) is 3.10. The van der Waals surface area contributed by atoms with Gasteiger partial charge in [0.2, 0.25) is 11.2 Å². The Bertz CT molecular complexity index is 990. The molecule has 4 rings (SSSR count). The van der Waals surface area contributed by atoms with Crippen LogP contribution in [0.3, 0.4) is 0 Å². The van der Waals surface area contributed by atoms with Crippen molar-refractivity contribution in [2.75, 3.05) is 6.54 Å². The molecule has 0 saturated carbocycles. The van der Waals surface area contributed by atoms with Crippen LogP contribution in [0, 0.1) is 0 Å². The predicted molar refractivity (Wildman–Crippen MR) is 94.4 cm³/mol. The van der Waals surface area contributed by atoms with Gasteiger partial charge in [-0.25, -0.2) is 4.79 Å². The fourth-order valence-electron chi connectivity index (χ4n) is 3.02. The number of benzene rings is 2. The zero-order valence-electron chi connectivity index (χ0n) is 14.0. The smallest absolute Gasteiger partial charge is 0.370 e. The maximum atomic E-state index is 12.6. The lowest BCUT2D eigenvalue weighted by Crippen LogP contribution is -2.88. The zero-order valence-corrected chi connectivity index (χ0v) is 14.0. The van der Waals surface area contributed by atoms with Crippen LogP contribution in [0.5, 0.6) is 17.2 Å². The molecule has 0 spiro atoms. The molecule has 2 heterocycles. The molecule has 1 aromatic heterocycles. The van der Waals surface area contributed by atoms with E-state index in [4.69, 9.17) is 13.9 Å². The van der Waals surface area contributed by atoms with Crippen molar-refractivity contribution in [2.24, 2.45) is 0 Å². The van der Waals surface area contributed by atoms with Gasteiger partial charge in [0.15, 0.2) is 6.04 Å². The van der Waals surface area contributed by atoms with E-state index in [1.165, 1.54) is 6.26 Å². The second kappa shape index (κ2) is 7.01. The lowest BCUT2D eigenvalue weighted by Gasteiger charge is -2.09. The van der Waals surface area contributed by atoms with Crippen molar-refractivity contribution in [3.05, 3.63) is 65.0 Å². The molecule has 0 amide bonds. The Balaban J connectivity index is 1.58. The van der Waals surface area contributed by atoms with Gasteiger partial charge in [-0.3, -0.25) is 4.79 Å². The van der Waals surface area contributed by atoms with E-state index in [1.807, 2.05) is 23.5 Å². The summed E-state index contributed by atoms with van der Waals surface area (Å²) < 4.78 is 16.5. The largest absolute Gasteiger partial charge is 0.460 e. The van der Waals surface area contributed by atoms with Crippen LogP contribution in [-0.2, 0) is 4.79 Å². The van der Waals surface area contributed by atoms with Crippen LogP contribution in [0.4, 0.5) is 0 Å². The minimum Gasteiger partial charge on any atom is -0.460 e. The van der Waals surface area contributed by atoms with Gasteiger partial charge >= 0.3 is 5.97 Å². The number of ether oxygens (including phenoxy) is 2. The first-order valence-corrected chi connectivity index (χ1v) is 8.54. The second-order valence-electron chi connectivity index (χ2n) is 6.20. The van der Waals surface area contributed by atoms with Crippen molar-refractivity contribution in [3.8, 4) is 17.2 Å². The number of hydrogen-bond donors (Lipinski definition) is 1. The molecule has 6 nitrogen and oxygen atoms in total. The van der Waals surface area contributed by atoms with Crippen LogP contribution in [-0.4, -0.2) is 18.6 Å². The Morgan fingerprint density at radius 3 is 2.73 bits per heavy atom. The molecular weight excluding hydrogens is 334 g/mol. The third-order valence-corrected chi connectivity index (χ3v) is 4.38. The fraction of sp³-hybridized carbons (Fsp3) is 0.200. The molecule has 1 fully saturated rings. The van der Waals surface area contributed by atoms with Gasteiger partial charge in [0.1, 0.15) is 23.3 Å². The van der Waals surface area contributed by atoms with Crippen LogP contribution in [0.2, 0.25) is 0 Å². The highest BCUT2D eigenvalue weighted by Gasteiger charge is 2.28. The van der Waals surface area contributed by atoms with Crippen LogP contribution in [0.1, 0.15) is 12.8 Å². The number of quaternary nitrogens is 1. The third kappa shape index (κ3) is 3.32. The van der Waals surface area contributed by atoms with Crippen molar-refractivity contribution >= 4 is 16.9 Å². The molecule has 0 radical (unpaired) electrons. The molecule has 0 bridgehead atoms. The normalized spacial score (nSPS) is 16.5. The standard InChI is InChI=1S/C20H17NO5/c22-19-15-9-8-14(26-20(23)16-7-4-10-21-16)11-17(15)24-12-18(19)25-13-5-2-1-3-6-13/h1-3,5-6,8-9,11-12,16,21H,4,7,10H2/p+1. The van der Waals surface area contributed by atoms with E-state index in [2.05, 4.69) is 0 Å². The number of para-hydroxylation sites is 1. The lowest BCUT2D eigenvalue weighted by molar-refractivity contribution is -0.658. The molecule has 2 aromatic carbocycles. The highest BCUT2D eigenvalue weighted by Crippen LogP contribution is 2.24. The Kier molecular flexibility index (Phi) is 4.41. The van der Waals surface area contributed by atoms with Gasteiger partial charge in [-0.15, -0.1) is 0 Å². The van der Waals surface area contributed by atoms with E-state index in [9.17, 15) is 9.59 Å². The highest BCUT2D eigenvalue weighted by atomic mass is 16.5. The van der Waals surface area contributed by atoms with Crippen molar-refractivity contribution in [1.82, 2.24) is 0 Å². The summed E-state index contributed by atoms with van der Waals surface area (Å²) in [5.41, 5.74) is 0.0632. The lowest BCUT2D eigenvalue weighted by atomic mass is 10.2. The number of carbonyl (C=O) groups is 1. The monoisotopic (exact) mass is 352 g/mol. The second-order valence-corrected chi connectivity index (χ2v) is 6.20. The Morgan fingerprint density at radius 2 is 1.96 bits per heavy atom. The molecule has 2 N–H and O–H groups in total. The van der Waals surface area contributed by atoms with E-state index >= 15 is 0 Å². The molecule has 1 atom stereocenters. The van der Waals surface area contributed by atoms with Gasteiger partial charge in [-0.1, -0.05) is 18.2 Å². The first-order valence-electron chi connectivity index (χ1n) is 8.54. The SMILES string of the molecule is O=C(Oc1ccc2c(=O)c(Oc3ccccc3)coc2c1)C1CCC[NH2+]1. The molecule has 26 heavy (non-hydrogen) atoms. The topological polar surface area (TPSA) is 82.4 Å². The summed E-state index contributed by atoms with van der Waals surface area (Å²) in [5.74, 6) is 0.752. The van der Waals surface area contributed by atoms with Crippen molar-refractivity contribution < 1.29 is 24.0 Å². The van der Waals surface area contributed by atoms with Crippen molar-refractivity contribution in [1.29, 1.82) is 0 Å². The van der Waals surface area contributed by atoms with Gasteiger partial charge < -0.3 is 19.2 Å². The summed E-state index contributed by atoms with van der Waals surface area (Å²) in [4.78, 5) is 24.7. The van der Waals surface area contributed by atoms with Crippen LogP contribution < -0.4 is 20.2 Å². The zero-order chi connectivity index (χ0) is 17.9. The van der Waals surface area contributed by atoms with Crippen molar-refractivity contribution in [3.63, 3.8) is 0 Å². The Labute approximate surface area is 149 Å².